The van der Waals surface area contributed by atoms with Gasteiger partial charge in [0, 0.05) is 7.11 Å². The molecule has 0 saturated heterocycles. The number of fused-ring (bicyclic) bond motifs is 1. The summed E-state index contributed by atoms with van der Waals surface area (Å²) in [4.78, 5) is 0. The SMILES string of the molecule is COC1C=CCC2C(CC1)C2(Br)Br. The van der Waals surface area contributed by atoms with E-state index in [2.05, 4.69) is 44.0 Å². The molecule has 0 radical (unpaired) electrons. The Balaban J connectivity index is 2.00. The van der Waals surface area contributed by atoms with Crippen molar-refractivity contribution in [2.75, 3.05) is 7.11 Å². The second-order valence-corrected chi connectivity index (χ2v) is 7.59. The molecular formula is C10H14Br2O. The summed E-state index contributed by atoms with van der Waals surface area (Å²) in [6.07, 6.45) is 8.36. The Bertz CT molecular complexity index is 225. The molecule has 3 unspecified atom stereocenters. The molecule has 1 saturated carbocycles. The van der Waals surface area contributed by atoms with Gasteiger partial charge in [0.1, 0.15) is 0 Å². The van der Waals surface area contributed by atoms with Gasteiger partial charge in [0.05, 0.1) is 9.34 Å². The number of halogens is 2. The number of hydrogen-bond donors (Lipinski definition) is 0. The Morgan fingerprint density at radius 2 is 2.08 bits per heavy atom. The number of methoxy groups -OCH3 is 1. The first-order chi connectivity index (χ1) is 6.16. The third-order valence-electron chi connectivity index (χ3n) is 3.17. The van der Waals surface area contributed by atoms with E-state index in [1.807, 2.05) is 0 Å². The molecular weight excluding hydrogens is 296 g/mol. The van der Waals surface area contributed by atoms with Crippen LogP contribution in [-0.2, 0) is 4.74 Å². The minimum atomic E-state index is 0.229. The molecule has 0 aromatic heterocycles. The van der Waals surface area contributed by atoms with Crippen LogP contribution in [0.4, 0.5) is 0 Å². The second kappa shape index (κ2) is 3.67. The van der Waals surface area contributed by atoms with Gasteiger partial charge in [0.25, 0.3) is 0 Å². The first kappa shape index (κ1) is 10.2. The minimum Gasteiger partial charge on any atom is -0.377 e. The van der Waals surface area contributed by atoms with E-state index in [0.717, 1.165) is 18.3 Å². The molecule has 2 aliphatic carbocycles. The number of allylic oxidation sites excluding steroid dienone is 1. The van der Waals surface area contributed by atoms with Crippen molar-refractivity contribution in [3.63, 3.8) is 0 Å². The van der Waals surface area contributed by atoms with Gasteiger partial charge in [0.15, 0.2) is 0 Å². The molecule has 0 bridgehead atoms. The van der Waals surface area contributed by atoms with Gasteiger partial charge in [-0.1, -0.05) is 44.0 Å². The molecule has 1 fully saturated rings. The molecule has 74 valence electrons. The van der Waals surface area contributed by atoms with Crippen molar-refractivity contribution in [2.24, 2.45) is 11.8 Å². The monoisotopic (exact) mass is 308 g/mol. The Morgan fingerprint density at radius 1 is 1.31 bits per heavy atom. The predicted molar refractivity (Wildman–Crippen MR) is 61.4 cm³/mol. The molecule has 3 atom stereocenters. The highest BCUT2D eigenvalue weighted by Gasteiger charge is 2.60. The van der Waals surface area contributed by atoms with Crippen molar-refractivity contribution in [1.82, 2.24) is 0 Å². The van der Waals surface area contributed by atoms with Crippen LogP contribution in [0.5, 0.6) is 0 Å². The summed E-state index contributed by atoms with van der Waals surface area (Å²) in [7, 11) is 1.79. The van der Waals surface area contributed by atoms with Crippen LogP contribution in [0.25, 0.3) is 0 Å². The fourth-order valence-electron chi connectivity index (χ4n) is 2.19. The molecule has 0 spiro atoms. The van der Waals surface area contributed by atoms with Crippen LogP contribution in [0, 0.1) is 11.8 Å². The van der Waals surface area contributed by atoms with Crippen LogP contribution in [0.15, 0.2) is 12.2 Å². The van der Waals surface area contributed by atoms with Crippen LogP contribution in [-0.4, -0.2) is 16.4 Å². The highest BCUT2D eigenvalue weighted by Crippen LogP contribution is 2.65. The molecule has 1 nitrogen and oxygen atoms in total. The molecule has 13 heavy (non-hydrogen) atoms. The average Bonchev–Trinajstić information content (AvgIpc) is 2.51. The normalized spacial score (nSPS) is 41.9. The van der Waals surface area contributed by atoms with Gasteiger partial charge in [-0.3, -0.25) is 0 Å². The standard InChI is InChI=1S/C10H14Br2O/c1-13-7-3-2-4-8-9(6-5-7)10(8,11)12/h2-3,7-9H,4-6H2,1H3. The average molecular weight is 310 g/mol. The van der Waals surface area contributed by atoms with E-state index in [1.54, 1.807) is 7.11 Å². The van der Waals surface area contributed by atoms with Crippen molar-refractivity contribution in [1.29, 1.82) is 0 Å². The van der Waals surface area contributed by atoms with Crippen molar-refractivity contribution in [3.8, 4) is 0 Å². The predicted octanol–water partition coefficient (Wildman–Crippen LogP) is 3.47. The first-order valence-electron chi connectivity index (χ1n) is 4.73. The molecule has 0 N–H and O–H groups in total. The van der Waals surface area contributed by atoms with Gasteiger partial charge in [0.2, 0.25) is 0 Å². The van der Waals surface area contributed by atoms with E-state index in [9.17, 15) is 0 Å². The zero-order valence-electron chi connectivity index (χ0n) is 7.67. The fraction of sp³-hybridized carbons (Fsp3) is 0.800. The van der Waals surface area contributed by atoms with Crippen molar-refractivity contribution in [2.45, 2.75) is 28.6 Å². The van der Waals surface area contributed by atoms with Gasteiger partial charge in [-0.2, -0.15) is 0 Å². The fourth-order valence-corrected chi connectivity index (χ4v) is 4.03. The molecule has 0 heterocycles. The molecule has 3 heteroatoms. The van der Waals surface area contributed by atoms with Gasteiger partial charge < -0.3 is 4.74 Å². The van der Waals surface area contributed by atoms with Crippen LogP contribution in [0.3, 0.4) is 0 Å². The van der Waals surface area contributed by atoms with E-state index in [-0.39, 0.29) is 3.23 Å². The van der Waals surface area contributed by atoms with Crippen LogP contribution in [0.1, 0.15) is 19.3 Å². The second-order valence-electron chi connectivity index (χ2n) is 3.90. The van der Waals surface area contributed by atoms with Crippen LogP contribution >= 0.6 is 31.9 Å². The largest absolute Gasteiger partial charge is 0.377 e. The smallest absolute Gasteiger partial charge is 0.0871 e. The lowest BCUT2D eigenvalue weighted by Crippen LogP contribution is -2.08. The lowest BCUT2D eigenvalue weighted by atomic mass is 10.0. The summed E-state index contributed by atoms with van der Waals surface area (Å²) in [6.45, 7) is 0. The number of alkyl halides is 2. The molecule has 0 aromatic carbocycles. The maximum absolute atomic E-state index is 5.34. The number of ether oxygens (including phenoxy) is 1. The molecule has 0 aromatic rings. The summed E-state index contributed by atoms with van der Waals surface area (Å²) in [5.74, 6) is 1.57. The van der Waals surface area contributed by atoms with Gasteiger partial charge in [-0.05, 0) is 31.1 Å². The van der Waals surface area contributed by atoms with E-state index in [4.69, 9.17) is 4.74 Å². The van der Waals surface area contributed by atoms with Crippen LogP contribution < -0.4 is 0 Å². The molecule has 2 aliphatic rings. The van der Waals surface area contributed by atoms with E-state index in [1.165, 1.54) is 12.8 Å². The van der Waals surface area contributed by atoms with Crippen molar-refractivity contribution < 1.29 is 4.74 Å². The van der Waals surface area contributed by atoms with E-state index >= 15 is 0 Å². The molecule has 0 amide bonds. The maximum atomic E-state index is 5.34. The van der Waals surface area contributed by atoms with E-state index in [0.29, 0.717) is 6.10 Å². The van der Waals surface area contributed by atoms with Crippen LogP contribution in [0.2, 0.25) is 0 Å². The summed E-state index contributed by atoms with van der Waals surface area (Å²) >= 11 is 7.47. The highest BCUT2D eigenvalue weighted by atomic mass is 79.9. The maximum Gasteiger partial charge on any atom is 0.0871 e. The Hall–Kier alpha value is 0.660. The quantitative estimate of drug-likeness (QED) is 0.532. The Kier molecular flexibility index (Phi) is 2.87. The third kappa shape index (κ3) is 1.88. The van der Waals surface area contributed by atoms with E-state index < -0.39 is 0 Å². The zero-order chi connectivity index (χ0) is 9.47. The Labute approximate surface area is 96.2 Å². The molecule has 2 rings (SSSR count). The zero-order valence-corrected chi connectivity index (χ0v) is 10.8. The number of rotatable bonds is 1. The molecule has 0 aliphatic heterocycles. The third-order valence-corrected chi connectivity index (χ3v) is 5.52. The highest BCUT2D eigenvalue weighted by molar-refractivity contribution is 9.25. The van der Waals surface area contributed by atoms with Gasteiger partial charge in [-0.15, -0.1) is 0 Å². The topological polar surface area (TPSA) is 9.23 Å². The van der Waals surface area contributed by atoms with Gasteiger partial charge in [-0.25, -0.2) is 0 Å². The number of hydrogen-bond acceptors (Lipinski definition) is 1. The lowest BCUT2D eigenvalue weighted by molar-refractivity contribution is 0.128. The van der Waals surface area contributed by atoms with Crippen molar-refractivity contribution >= 4 is 31.9 Å². The summed E-state index contributed by atoms with van der Waals surface area (Å²) in [5, 5.41) is 0. The summed E-state index contributed by atoms with van der Waals surface area (Å²) in [6, 6.07) is 0. The lowest BCUT2D eigenvalue weighted by Gasteiger charge is -2.12. The summed E-state index contributed by atoms with van der Waals surface area (Å²) < 4.78 is 5.57. The van der Waals surface area contributed by atoms with Gasteiger partial charge >= 0.3 is 0 Å². The summed E-state index contributed by atoms with van der Waals surface area (Å²) in [5.41, 5.74) is 0. The minimum absolute atomic E-state index is 0.229. The Morgan fingerprint density at radius 3 is 2.77 bits per heavy atom. The first-order valence-corrected chi connectivity index (χ1v) is 6.32. The van der Waals surface area contributed by atoms with Crippen molar-refractivity contribution in [3.05, 3.63) is 12.2 Å².